The Bertz CT molecular complexity index is 836. The molecule has 4 atom stereocenters. The van der Waals surface area contributed by atoms with E-state index in [2.05, 4.69) is 25.8 Å². The van der Waals surface area contributed by atoms with E-state index in [0.717, 1.165) is 4.90 Å². The summed E-state index contributed by atoms with van der Waals surface area (Å²) in [7, 11) is -4.89. The van der Waals surface area contributed by atoms with Crippen LogP contribution in [-0.2, 0) is 29.1 Å². The normalized spacial score (nSPS) is 28.4. The Morgan fingerprint density at radius 2 is 1.93 bits per heavy atom. The Kier molecular flexibility index (Phi) is 6.41. The van der Waals surface area contributed by atoms with Crippen LogP contribution in [0.2, 0.25) is 0 Å². The van der Waals surface area contributed by atoms with Gasteiger partial charge in [-0.15, -0.1) is 4.28 Å². The van der Waals surface area contributed by atoms with Crippen molar-refractivity contribution in [1.82, 2.24) is 31.4 Å². The summed E-state index contributed by atoms with van der Waals surface area (Å²) >= 11 is 0. The molecule has 3 aliphatic heterocycles. The van der Waals surface area contributed by atoms with Crippen LogP contribution in [0, 0.1) is 0 Å². The molecular formula is C14H22N6O9S. The molecule has 2 unspecified atom stereocenters. The van der Waals surface area contributed by atoms with E-state index in [4.69, 9.17) is 4.55 Å². The molecule has 3 aliphatic rings. The average Bonchev–Trinajstić information content (AvgIpc) is 3.21. The molecule has 0 aliphatic carbocycles. The van der Waals surface area contributed by atoms with Crippen molar-refractivity contribution in [1.29, 1.82) is 0 Å². The zero-order valence-corrected chi connectivity index (χ0v) is 16.4. The van der Waals surface area contributed by atoms with E-state index in [1.54, 1.807) is 0 Å². The first-order valence-corrected chi connectivity index (χ1v) is 10.5. The van der Waals surface area contributed by atoms with Gasteiger partial charge in [0.25, 0.3) is 11.8 Å². The number of hydrogen-bond acceptors (Lipinski definition) is 9. The number of aliphatic hydroxyl groups excluding tert-OH is 1. The lowest BCUT2D eigenvalue weighted by Crippen LogP contribution is -2.54. The number of carbonyl (C=O) groups excluding carboxylic acids is 4. The molecule has 0 aromatic rings. The molecular weight excluding hydrogens is 428 g/mol. The minimum Gasteiger partial charge on any atom is -0.392 e. The van der Waals surface area contributed by atoms with Crippen molar-refractivity contribution < 1.29 is 41.5 Å². The van der Waals surface area contributed by atoms with Crippen LogP contribution in [0.25, 0.3) is 0 Å². The van der Waals surface area contributed by atoms with E-state index < -0.39 is 64.9 Å². The van der Waals surface area contributed by atoms with Crippen LogP contribution in [0.5, 0.6) is 0 Å². The Morgan fingerprint density at radius 3 is 2.57 bits per heavy atom. The summed E-state index contributed by atoms with van der Waals surface area (Å²) in [6, 6.07) is -3.11. The quantitative estimate of drug-likeness (QED) is 0.171. The number of urea groups is 1. The zero-order chi connectivity index (χ0) is 22.1. The van der Waals surface area contributed by atoms with Crippen molar-refractivity contribution in [3.05, 3.63) is 0 Å². The van der Waals surface area contributed by atoms with Crippen LogP contribution in [0.15, 0.2) is 0 Å². The lowest BCUT2D eigenvalue weighted by atomic mass is 10.0. The van der Waals surface area contributed by atoms with E-state index >= 15 is 0 Å². The number of hydrazine groups is 1. The first-order valence-electron chi connectivity index (χ1n) is 9.10. The third-order valence-electron chi connectivity index (χ3n) is 4.97. The van der Waals surface area contributed by atoms with Gasteiger partial charge in [-0.3, -0.25) is 29.8 Å². The van der Waals surface area contributed by atoms with Gasteiger partial charge in [0.2, 0.25) is 5.91 Å². The SMILES string of the molecule is O=C(CNC(=O)[C@@H]1CCC2CN1C(=O)N2OS(=O)(=O)O)NNC(=O)C1C[C@@H](O)CN1. The highest BCUT2D eigenvalue weighted by Crippen LogP contribution is 2.30. The molecule has 3 rings (SSSR count). The van der Waals surface area contributed by atoms with Gasteiger partial charge in [0.05, 0.1) is 24.7 Å². The number of amides is 5. The summed E-state index contributed by atoms with van der Waals surface area (Å²) in [4.78, 5) is 49.4. The standard InChI is InChI=1S/C14H22N6O9S/c21-8-3-9(15-4-8)12(23)18-17-11(22)5-16-13(24)10-2-1-7-6-19(10)14(25)20(7)29-30(26,27)28/h7-10,15,21H,1-6H2,(H,16,24)(H,17,22)(H,18,23)(H,26,27,28)/t7?,8-,9?,10+/m1/s1. The summed E-state index contributed by atoms with van der Waals surface area (Å²) in [6.45, 7) is -0.186. The summed E-state index contributed by atoms with van der Waals surface area (Å²) in [5, 5.41) is 15.0. The van der Waals surface area contributed by atoms with E-state index in [9.17, 15) is 32.7 Å². The van der Waals surface area contributed by atoms with Gasteiger partial charge in [0.1, 0.15) is 6.04 Å². The number of β-amino-alcohol motifs (C(OH)–C–C–N with tert-alkyl or cyclic N) is 1. The van der Waals surface area contributed by atoms with Crippen LogP contribution in [0.3, 0.4) is 0 Å². The van der Waals surface area contributed by atoms with Crippen LogP contribution in [0.4, 0.5) is 4.79 Å². The fraction of sp³-hybridized carbons (Fsp3) is 0.714. The van der Waals surface area contributed by atoms with E-state index in [1.807, 2.05) is 0 Å². The maximum Gasteiger partial charge on any atom is 0.418 e. The highest BCUT2D eigenvalue weighted by molar-refractivity contribution is 7.80. The number of fused-ring (bicyclic) bond motifs is 2. The van der Waals surface area contributed by atoms with Gasteiger partial charge >= 0.3 is 16.4 Å². The molecule has 3 saturated heterocycles. The first-order chi connectivity index (χ1) is 14.0. The minimum absolute atomic E-state index is 0.0228. The van der Waals surface area contributed by atoms with Crippen molar-refractivity contribution in [3.63, 3.8) is 0 Å². The smallest absolute Gasteiger partial charge is 0.392 e. The van der Waals surface area contributed by atoms with E-state index in [0.29, 0.717) is 5.06 Å². The summed E-state index contributed by atoms with van der Waals surface area (Å²) in [5.74, 6) is -1.89. The molecule has 168 valence electrons. The highest BCUT2D eigenvalue weighted by Gasteiger charge is 2.49. The largest absolute Gasteiger partial charge is 0.418 e. The number of hydroxylamine groups is 2. The number of piperidine rings is 1. The minimum atomic E-state index is -4.89. The third kappa shape index (κ3) is 5.14. The summed E-state index contributed by atoms with van der Waals surface area (Å²) < 4.78 is 34.8. The van der Waals surface area contributed by atoms with Gasteiger partial charge in [0.15, 0.2) is 0 Å². The fourth-order valence-electron chi connectivity index (χ4n) is 3.57. The van der Waals surface area contributed by atoms with Gasteiger partial charge < -0.3 is 20.6 Å². The zero-order valence-electron chi connectivity index (χ0n) is 15.6. The second-order valence-electron chi connectivity index (χ2n) is 7.12. The molecule has 0 aromatic carbocycles. The lowest BCUT2D eigenvalue weighted by Gasteiger charge is -2.29. The topological polar surface area (TPSA) is 207 Å². The van der Waals surface area contributed by atoms with Crippen molar-refractivity contribution >= 4 is 34.2 Å². The molecule has 3 heterocycles. The predicted molar refractivity (Wildman–Crippen MR) is 95.1 cm³/mol. The molecule has 30 heavy (non-hydrogen) atoms. The maximum atomic E-state index is 12.4. The van der Waals surface area contributed by atoms with Crippen molar-refractivity contribution in [3.8, 4) is 0 Å². The van der Waals surface area contributed by atoms with Crippen molar-refractivity contribution in [2.24, 2.45) is 0 Å². The predicted octanol–water partition coefficient (Wildman–Crippen LogP) is -4.02. The number of nitrogens with zero attached hydrogens (tertiary/aromatic N) is 2. The Labute approximate surface area is 171 Å². The van der Waals surface area contributed by atoms with Gasteiger partial charge in [-0.25, -0.2) is 4.79 Å². The number of nitrogens with one attached hydrogen (secondary N) is 4. The molecule has 6 N–H and O–H groups in total. The second kappa shape index (κ2) is 8.68. The number of aliphatic hydroxyl groups is 1. The molecule has 2 bridgehead atoms. The van der Waals surface area contributed by atoms with Crippen molar-refractivity contribution in [2.75, 3.05) is 19.6 Å². The van der Waals surface area contributed by atoms with Gasteiger partial charge in [0, 0.05) is 13.1 Å². The van der Waals surface area contributed by atoms with Gasteiger partial charge in [-0.2, -0.15) is 13.5 Å². The number of rotatable bonds is 6. The number of carbonyl (C=O) groups is 4. The van der Waals surface area contributed by atoms with E-state index in [-0.39, 0.29) is 32.4 Å². The molecule has 0 saturated carbocycles. The van der Waals surface area contributed by atoms with Gasteiger partial charge in [-0.05, 0) is 19.3 Å². The lowest BCUT2D eigenvalue weighted by molar-refractivity contribution is -0.131. The van der Waals surface area contributed by atoms with Crippen LogP contribution < -0.4 is 21.5 Å². The summed E-state index contributed by atoms with van der Waals surface area (Å²) in [5.41, 5.74) is 4.31. The Hall–Kier alpha value is -2.53. The molecule has 0 radical (unpaired) electrons. The van der Waals surface area contributed by atoms with Crippen LogP contribution in [0.1, 0.15) is 19.3 Å². The Morgan fingerprint density at radius 1 is 1.20 bits per heavy atom. The third-order valence-corrected chi connectivity index (χ3v) is 5.32. The maximum absolute atomic E-state index is 12.4. The highest BCUT2D eigenvalue weighted by atomic mass is 32.3. The molecule has 15 nitrogen and oxygen atoms in total. The molecule has 0 aromatic heterocycles. The second-order valence-corrected chi connectivity index (χ2v) is 8.12. The first kappa shape index (κ1) is 22.2. The monoisotopic (exact) mass is 450 g/mol. The Balaban J connectivity index is 1.44. The van der Waals surface area contributed by atoms with Crippen LogP contribution in [-0.4, -0.2) is 95.7 Å². The van der Waals surface area contributed by atoms with E-state index in [1.165, 1.54) is 0 Å². The van der Waals surface area contributed by atoms with Gasteiger partial charge in [-0.1, -0.05) is 0 Å². The summed E-state index contributed by atoms with van der Waals surface area (Å²) in [6.07, 6.45) is 0.0152. The van der Waals surface area contributed by atoms with Crippen molar-refractivity contribution in [2.45, 2.75) is 43.5 Å². The molecule has 16 heteroatoms. The van der Waals surface area contributed by atoms with Crippen LogP contribution >= 0.6 is 0 Å². The average molecular weight is 450 g/mol. The fourth-order valence-corrected chi connectivity index (χ4v) is 3.96. The molecule has 3 fully saturated rings. The molecule has 0 spiro atoms. The molecule has 5 amide bonds. The number of hydrogen-bond donors (Lipinski definition) is 6.